The molecule has 1 aromatic heterocycles. The molecule has 1 fully saturated rings. The van der Waals surface area contributed by atoms with E-state index in [9.17, 15) is 5.11 Å². The maximum atomic E-state index is 9.26. The first kappa shape index (κ1) is 10.6. The molecule has 1 unspecified atom stereocenters. The summed E-state index contributed by atoms with van der Waals surface area (Å²) in [6.45, 7) is 4.97. The molecule has 0 amide bonds. The maximum Gasteiger partial charge on any atom is 0.0602 e. The van der Waals surface area contributed by atoms with Crippen molar-refractivity contribution in [2.24, 2.45) is 0 Å². The van der Waals surface area contributed by atoms with Crippen LogP contribution in [0.2, 0.25) is 0 Å². The summed E-state index contributed by atoms with van der Waals surface area (Å²) in [5, 5.41) is 17.1. The van der Waals surface area contributed by atoms with Crippen LogP contribution in [0.3, 0.4) is 0 Å². The van der Waals surface area contributed by atoms with Gasteiger partial charge in [-0.1, -0.05) is 0 Å². The quantitative estimate of drug-likeness (QED) is 0.747. The van der Waals surface area contributed by atoms with E-state index in [1.165, 1.54) is 12.8 Å². The lowest BCUT2D eigenvalue weighted by atomic mass is 10.3. The number of nitrogens with one attached hydrogen (secondary N) is 1. The summed E-state index contributed by atoms with van der Waals surface area (Å²) < 4.78 is 1.96. The highest BCUT2D eigenvalue weighted by Crippen LogP contribution is 2.19. The minimum absolute atomic E-state index is 0.135. The Labute approximate surface area is 90.3 Å². The fourth-order valence-electron chi connectivity index (χ4n) is 1.82. The molecule has 4 heteroatoms. The van der Waals surface area contributed by atoms with Gasteiger partial charge < -0.3 is 10.4 Å². The van der Waals surface area contributed by atoms with E-state index in [1.807, 2.05) is 18.5 Å². The molecule has 4 nitrogen and oxygen atoms in total. The van der Waals surface area contributed by atoms with Crippen molar-refractivity contribution in [1.82, 2.24) is 15.1 Å². The number of nitrogens with zero attached hydrogens (tertiary/aromatic N) is 2. The average Bonchev–Trinajstić information content (AvgIpc) is 2.93. The first-order chi connectivity index (χ1) is 7.19. The van der Waals surface area contributed by atoms with Crippen LogP contribution in [0.25, 0.3) is 0 Å². The van der Waals surface area contributed by atoms with Gasteiger partial charge in [0.25, 0.3) is 0 Å². The molecule has 2 N–H and O–H groups in total. The van der Waals surface area contributed by atoms with Gasteiger partial charge >= 0.3 is 0 Å². The third-order valence-corrected chi connectivity index (χ3v) is 2.77. The van der Waals surface area contributed by atoms with E-state index < -0.39 is 0 Å². The van der Waals surface area contributed by atoms with E-state index in [-0.39, 0.29) is 12.6 Å². The molecular weight excluding hydrogens is 190 g/mol. The average molecular weight is 209 g/mol. The Bertz CT molecular complexity index is 331. The lowest BCUT2D eigenvalue weighted by Gasteiger charge is -2.16. The summed E-state index contributed by atoms with van der Waals surface area (Å²) in [6, 6.07) is 2.82. The first-order valence-corrected chi connectivity index (χ1v) is 5.57. The summed E-state index contributed by atoms with van der Waals surface area (Å²) >= 11 is 0. The van der Waals surface area contributed by atoms with Crippen LogP contribution in [-0.4, -0.2) is 33.6 Å². The Morgan fingerprint density at radius 1 is 1.60 bits per heavy atom. The lowest BCUT2D eigenvalue weighted by molar-refractivity contribution is 0.223. The monoisotopic (exact) mass is 209 g/mol. The minimum atomic E-state index is 0.135. The molecule has 1 aliphatic rings. The Kier molecular flexibility index (Phi) is 3.07. The SMILES string of the molecule is Cc1cc(C)n(CC(CO)NC2CC2)n1. The highest BCUT2D eigenvalue weighted by Gasteiger charge is 2.24. The van der Waals surface area contributed by atoms with E-state index in [1.54, 1.807) is 0 Å². The number of rotatable bonds is 5. The highest BCUT2D eigenvalue weighted by atomic mass is 16.3. The van der Waals surface area contributed by atoms with Gasteiger partial charge in [0.05, 0.1) is 24.9 Å². The van der Waals surface area contributed by atoms with Crippen LogP contribution in [-0.2, 0) is 6.54 Å². The second-order valence-corrected chi connectivity index (χ2v) is 4.43. The van der Waals surface area contributed by atoms with Crippen molar-refractivity contribution in [3.8, 4) is 0 Å². The molecule has 1 aromatic rings. The highest BCUT2D eigenvalue weighted by molar-refractivity contribution is 5.06. The third-order valence-electron chi connectivity index (χ3n) is 2.77. The molecular formula is C11H19N3O. The normalized spacial score (nSPS) is 18.1. The number of aromatic nitrogens is 2. The van der Waals surface area contributed by atoms with Gasteiger partial charge in [0.2, 0.25) is 0 Å². The number of hydrogen-bond acceptors (Lipinski definition) is 3. The molecule has 0 bridgehead atoms. The fraction of sp³-hybridized carbons (Fsp3) is 0.727. The van der Waals surface area contributed by atoms with Gasteiger partial charge in [-0.3, -0.25) is 4.68 Å². The van der Waals surface area contributed by atoms with Gasteiger partial charge in [-0.05, 0) is 32.8 Å². The van der Waals surface area contributed by atoms with Crippen molar-refractivity contribution in [3.05, 3.63) is 17.5 Å². The Morgan fingerprint density at radius 3 is 2.80 bits per heavy atom. The smallest absolute Gasteiger partial charge is 0.0602 e. The van der Waals surface area contributed by atoms with Crippen molar-refractivity contribution >= 4 is 0 Å². The predicted octanol–water partition coefficient (Wildman–Crippen LogP) is 0.613. The zero-order valence-electron chi connectivity index (χ0n) is 9.40. The molecule has 1 saturated carbocycles. The van der Waals surface area contributed by atoms with Crippen LogP contribution >= 0.6 is 0 Å². The minimum Gasteiger partial charge on any atom is -0.395 e. The number of aliphatic hydroxyl groups excluding tert-OH is 1. The topological polar surface area (TPSA) is 50.1 Å². The van der Waals surface area contributed by atoms with Crippen molar-refractivity contribution in [1.29, 1.82) is 0 Å². The van der Waals surface area contributed by atoms with Crippen molar-refractivity contribution < 1.29 is 5.11 Å². The molecule has 0 aliphatic heterocycles. The van der Waals surface area contributed by atoms with Gasteiger partial charge in [-0.15, -0.1) is 0 Å². The zero-order valence-corrected chi connectivity index (χ0v) is 9.40. The Balaban J connectivity index is 1.95. The third kappa shape index (κ3) is 2.79. The fourth-order valence-corrected chi connectivity index (χ4v) is 1.82. The summed E-state index contributed by atoms with van der Waals surface area (Å²) in [5.74, 6) is 0. The standard InChI is InChI=1S/C11H19N3O/c1-8-5-9(2)14(13-8)6-11(7-15)12-10-3-4-10/h5,10-12,15H,3-4,6-7H2,1-2H3. The molecule has 2 rings (SSSR count). The van der Waals surface area contributed by atoms with E-state index in [0.717, 1.165) is 17.9 Å². The molecule has 0 radical (unpaired) electrons. The molecule has 0 aromatic carbocycles. The van der Waals surface area contributed by atoms with Crippen LogP contribution in [0, 0.1) is 13.8 Å². The number of aryl methyl sites for hydroxylation is 2. The van der Waals surface area contributed by atoms with Crippen LogP contribution in [0.1, 0.15) is 24.2 Å². The van der Waals surface area contributed by atoms with Crippen LogP contribution in [0.4, 0.5) is 0 Å². The molecule has 0 spiro atoms. The van der Waals surface area contributed by atoms with Gasteiger partial charge in [0.1, 0.15) is 0 Å². The van der Waals surface area contributed by atoms with Crippen LogP contribution < -0.4 is 5.32 Å². The molecule has 84 valence electrons. The predicted molar refractivity (Wildman–Crippen MR) is 58.7 cm³/mol. The van der Waals surface area contributed by atoms with E-state index >= 15 is 0 Å². The van der Waals surface area contributed by atoms with E-state index in [0.29, 0.717) is 6.04 Å². The van der Waals surface area contributed by atoms with Gasteiger partial charge in [-0.25, -0.2) is 0 Å². The summed E-state index contributed by atoms with van der Waals surface area (Å²) in [6.07, 6.45) is 2.49. The van der Waals surface area contributed by atoms with Gasteiger partial charge in [0, 0.05) is 11.7 Å². The second-order valence-electron chi connectivity index (χ2n) is 4.43. The van der Waals surface area contributed by atoms with Gasteiger partial charge in [-0.2, -0.15) is 5.10 Å². The number of aliphatic hydroxyl groups is 1. The second kappa shape index (κ2) is 4.33. The van der Waals surface area contributed by atoms with Crippen molar-refractivity contribution in [2.75, 3.05) is 6.61 Å². The van der Waals surface area contributed by atoms with Crippen molar-refractivity contribution in [2.45, 2.75) is 45.3 Å². The Hall–Kier alpha value is -0.870. The van der Waals surface area contributed by atoms with Gasteiger partial charge in [0.15, 0.2) is 0 Å². The lowest BCUT2D eigenvalue weighted by Crippen LogP contribution is -2.38. The molecule has 1 aliphatic carbocycles. The van der Waals surface area contributed by atoms with Crippen LogP contribution in [0.15, 0.2) is 6.07 Å². The number of hydrogen-bond donors (Lipinski definition) is 2. The van der Waals surface area contributed by atoms with E-state index in [2.05, 4.69) is 16.5 Å². The first-order valence-electron chi connectivity index (χ1n) is 5.57. The molecule has 1 heterocycles. The van der Waals surface area contributed by atoms with Crippen molar-refractivity contribution in [3.63, 3.8) is 0 Å². The summed E-state index contributed by atoms with van der Waals surface area (Å²) in [4.78, 5) is 0. The molecule has 15 heavy (non-hydrogen) atoms. The largest absolute Gasteiger partial charge is 0.395 e. The summed E-state index contributed by atoms with van der Waals surface area (Å²) in [5.41, 5.74) is 2.19. The zero-order chi connectivity index (χ0) is 10.8. The summed E-state index contributed by atoms with van der Waals surface area (Å²) in [7, 11) is 0. The molecule has 1 atom stereocenters. The Morgan fingerprint density at radius 2 is 2.33 bits per heavy atom. The van der Waals surface area contributed by atoms with Crippen LogP contribution in [0.5, 0.6) is 0 Å². The molecule has 0 saturated heterocycles. The van der Waals surface area contributed by atoms with E-state index in [4.69, 9.17) is 0 Å². The maximum absolute atomic E-state index is 9.26.